The van der Waals surface area contributed by atoms with Crippen molar-refractivity contribution >= 4 is 6.16 Å². The molecule has 0 saturated heterocycles. The zero-order valence-corrected chi connectivity index (χ0v) is 6.92. The average Bonchev–Trinajstić information content (AvgIpc) is 1.88. The highest BCUT2D eigenvalue weighted by Gasteiger charge is 1.72. The summed E-state index contributed by atoms with van der Waals surface area (Å²) in [4.78, 5) is 8.56. The Morgan fingerprint density at radius 3 is 2.18 bits per heavy atom. The Kier molecular flexibility index (Phi) is 13.2. The molecule has 0 bridgehead atoms. The molecule has 0 aromatic carbocycles. The van der Waals surface area contributed by atoms with Gasteiger partial charge in [-0.05, 0) is 13.3 Å². The number of carbonyl (C=O) groups is 1. The molecule has 0 aliphatic carbocycles. The molecule has 0 unspecified atom stereocenters. The van der Waals surface area contributed by atoms with E-state index in [0.717, 1.165) is 6.42 Å². The van der Waals surface area contributed by atoms with Crippen LogP contribution in [-0.4, -0.2) is 16.4 Å². The minimum atomic E-state index is -1.83. The van der Waals surface area contributed by atoms with E-state index in [4.69, 9.17) is 15.0 Å². The van der Waals surface area contributed by atoms with Gasteiger partial charge in [0.2, 0.25) is 0 Å². The number of hydrogen-bond acceptors (Lipinski definition) is 1. The minimum Gasteiger partial charge on any atom is -0.450 e. The number of rotatable bonds is 2. The summed E-state index contributed by atoms with van der Waals surface area (Å²) in [6, 6.07) is 0. The van der Waals surface area contributed by atoms with Crippen LogP contribution in [0.25, 0.3) is 0 Å². The first-order valence-corrected chi connectivity index (χ1v) is 3.46. The largest absolute Gasteiger partial charge is 0.503 e. The third-order valence-electron chi connectivity index (χ3n) is 0.832. The lowest BCUT2D eigenvalue weighted by atomic mass is 10.3. The van der Waals surface area contributed by atoms with E-state index in [1.54, 1.807) is 0 Å². The van der Waals surface area contributed by atoms with Gasteiger partial charge in [0.15, 0.2) is 0 Å². The highest BCUT2D eigenvalue weighted by Crippen LogP contribution is 1.89. The SMILES string of the molecule is CC#CCCCC.O=C(O)O. The molecule has 3 heteroatoms. The van der Waals surface area contributed by atoms with Crippen molar-refractivity contribution in [3.8, 4) is 11.8 Å². The molecule has 0 amide bonds. The minimum absolute atomic E-state index is 1.08. The van der Waals surface area contributed by atoms with Crippen molar-refractivity contribution in [3.05, 3.63) is 0 Å². The summed E-state index contributed by atoms with van der Waals surface area (Å²) in [6.45, 7) is 4.06. The van der Waals surface area contributed by atoms with Crippen molar-refractivity contribution in [1.29, 1.82) is 0 Å². The quantitative estimate of drug-likeness (QED) is 0.479. The van der Waals surface area contributed by atoms with E-state index >= 15 is 0 Å². The standard InChI is InChI=1S/C7H12.CH2O3/c1-3-5-7-6-4-2;2-1(3)4/h3,5,7H2,1-2H3;(H2,2,3,4). The van der Waals surface area contributed by atoms with Crippen molar-refractivity contribution in [2.75, 3.05) is 0 Å². The second-order valence-corrected chi connectivity index (χ2v) is 1.81. The van der Waals surface area contributed by atoms with E-state index in [1.807, 2.05) is 6.92 Å². The molecule has 0 atom stereocenters. The highest BCUT2D eigenvalue weighted by atomic mass is 16.6. The molecule has 0 aromatic heterocycles. The molecular weight excluding hydrogens is 144 g/mol. The van der Waals surface area contributed by atoms with Gasteiger partial charge in [-0.25, -0.2) is 4.79 Å². The van der Waals surface area contributed by atoms with Crippen molar-refractivity contribution < 1.29 is 15.0 Å². The van der Waals surface area contributed by atoms with Gasteiger partial charge in [0.05, 0.1) is 0 Å². The van der Waals surface area contributed by atoms with Gasteiger partial charge in [0, 0.05) is 6.42 Å². The molecule has 0 saturated carbocycles. The van der Waals surface area contributed by atoms with Crippen LogP contribution in [0, 0.1) is 11.8 Å². The smallest absolute Gasteiger partial charge is 0.450 e. The fraction of sp³-hybridized carbons (Fsp3) is 0.625. The first-order valence-electron chi connectivity index (χ1n) is 3.46. The van der Waals surface area contributed by atoms with Gasteiger partial charge in [-0.15, -0.1) is 11.8 Å². The average molecular weight is 158 g/mol. The van der Waals surface area contributed by atoms with Crippen LogP contribution in [0.4, 0.5) is 4.79 Å². The Morgan fingerprint density at radius 2 is 1.91 bits per heavy atom. The Balaban J connectivity index is 0. The molecule has 0 spiro atoms. The second-order valence-electron chi connectivity index (χ2n) is 1.81. The molecular formula is C8H14O3. The van der Waals surface area contributed by atoms with Crippen LogP contribution in [0.5, 0.6) is 0 Å². The molecule has 2 N–H and O–H groups in total. The maximum atomic E-state index is 8.56. The highest BCUT2D eigenvalue weighted by molar-refractivity contribution is 5.53. The van der Waals surface area contributed by atoms with E-state index in [9.17, 15) is 0 Å². The molecule has 3 nitrogen and oxygen atoms in total. The zero-order valence-electron chi connectivity index (χ0n) is 6.92. The Morgan fingerprint density at radius 1 is 1.45 bits per heavy atom. The predicted molar refractivity (Wildman–Crippen MR) is 43.6 cm³/mol. The summed E-state index contributed by atoms with van der Waals surface area (Å²) >= 11 is 0. The topological polar surface area (TPSA) is 57.5 Å². The Bertz CT molecular complexity index is 137. The van der Waals surface area contributed by atoms with Gasteiger partial charge in [-0.1, -0.05) is 13.3 Å². The second kappa shape index (κ2) is 11.6. The molecule has 0 fully saturated rings. The van der Waals surface area contributed by atoms with Crippen LogP contribution >= 0.6 is 0 Å². The van der Waals surface area contributed by atoms with E-state index in [-0.39, 0.29) is 0 Å². The maximum Gasteiger partial charge on any atom is 0.503 e. The van der Waals surface area contributed by atoms with Crippen LogP contribution in [-0.2, 0) is 0 Å². The summed E-state index contributed by atoms with van der Waals surface area (Å²) in [6.07, 6.45) is 1.75. The zero-order chi connectivity index (χ0) is 9.11. The van der Waals surface area contributed by atoms with Crippen LogP contribution in [0.15, 0.2) is 0 Å². The Hall–Kier alpha value is -1.17. The summed E-state index contributed by atoms with van der Waals surface area (Å²) in [5.74, 6) is 5.85. The van der Waals surface area contributed by atoms with Crippen molar-refractivity contribution in [2.24, 2.45) is 0 Å². The summed E-state index contributed by atoms with van der Waals surface area (Å²) in [5, 5.41) is 13.9. The van der Waals surface area contributed by atoms with E-state index in [0.29, 0.717) is 0 Å². The molecule has 11 heavy (non-hydrogen) atoms. The molecule has 0 aromatic rings. The molecule has 0 heterocycles. The molecule has 0 aliphatic rings. The lowest BCUT2D eigenvalue weighted by molar-refractivity contribution is 0.137. The van der Waals surface area contributed by atoms with Gasteiger partial charge in [-0.3, -0.25) is 0 Å². The lowest BCUT2D eigenvalue weighted by Gasteiger charge is -1.80. The fourth-order valence-corrected chi connectivity index (χ4v) is 0.390. The maximum absolute atomic E-state index is 8.56. The molecule has 64 valence electrons. The van der Waals surface area contributed by atoms with Crippen LogP contribution in [0.2, 0.25) is 0 Å². The number of carboxylic acid groups (broad SMARTS) is 2. The normalized spacial score (nSPS) is 6.73. The van der Waals surface area contributed by atoms with Crippen molar-refractivity contribution in [2.45, 2.75) is 33.1 Å². The van der Waals surface area contributed by atoms with E-state index in [2.05, 4.69) is 18.8 Å². The van der Waals surface area contributed by atoms with E-state index < -0.39 is 6.16 Å². The molecule has 0 aliphatic heterocycles. The molecule has 0 radical (unpaired) electrons. The fourth-order valence-electron chi connectivity index (χ4n) is 0.390. The first kappa shape index (κ1) is 12.5. The van der Waals surface area contributed by atoms with Crippen molar-refractivity contribution in [3.63, 3.8) is 0 Å². The first-order chi connectivity index (χ1) is 5.15. The van der Waals surface area contributed by atoms with Gasteiger partial charge >= 0.3 is 6.16 Å². The van der Waals surface area contributed by atoms with Crippen LogP contribution in [0.1, 0.15) is 33.1 Å². The van der Waals surface area contributed by atoms with E-state index in [1.165, 1.54) is 12.8 Å². The lowest BCUT2D eigenvalue weighted by Crippen LogP contribution is -1.81. The molecule has 0 rings (SSSR count). The van der Waals surface area contributed by atoms with Gasteiger partial charge < -0.3 is 10.2 Å². The third kappa shape index (κ3) is 51.4. The van der Waals surface area contributed by atoms with Crippen molar-refractivity contribution in [1.82, 2.24) is 0 Å². The van der Waals surface area contributed by atoms with Crippen LogP contribution < -0.4 is 0 Å². The number of hydrogen-bond donors (Lipinski definition) is 2. The van der Waals surface area contributed by atoms with Gasteiger partial charge in [0.25, 0.3) is 0 Å². The van der Waals surface area contributed by atoms with Gasteiger partial charge in [0.1, 0.15) is 0 Å². The number of unbranched alkanes of at least 4 members (excludes halogenated alkanes) is 2. The van der Waals surface area contributed by atoms with Crippen LogP contribution in [0.3, 0.4) is 0 Å². The summed E-state index contributed by atoms with van der Waals surface area (Å²) < 4.78 is 0. The predicted octanol–water partition coefficient (Wildman–Crippen LogP) is 2.42. The monoisotopic (exact) mass is 158 g/mol. The van der Waals surface area contributed by atoms with Gasteiger partial charge in [-0.2, -0.15) is 0 Å². The Labute approximate surface area is 67.0 Å². The summed E-state index contributed by atoms with van der Waals surface area (Å²) in [7, 11) is 0. The third-order valence-corrected chi connectivity index (χ3v) is 0.832. The summed E-state index contributed by atoms with van der Waals surface area (Å²) in [5.41, 5.74) is 0.